The Morgan fingerprint density at radius 3 is 2.35 bits per heavy atom. The first-order chi connectivity index (χ1) is 11.2. The lowest BCUT2D eigenvalue weighted by atomic mass is 10.0. The van der Waals surface area contributed by atoms with Gasteiger partial charge in [0.25, 0.3) is 5.91 Å². The molecule has 0 saturated heterocycles. The second-order valence-corrected chi connectivity index (χ2v) is 5.62. The molecule has 0 aliphatic carbocycles. The summed E-state index contributed by atoms with van der Waals surface area (Å²) in [6.07, 6.45) is 0. The molecule has 1 heterocycles. The summed E-state index contributed by atoms with van der Waals surface area (Å²) in [5.74, 6) is 0.0481. The minimum atomic E-state index is -0.0684. The van der Waals surface area contributed by atoms with Crippen molar-refractivity contribution in [2.45, 2.75) is 6.54 Å². The average molecular weight is 301 g/mol. The fourth-order valence-electron chi connectivity index (χ4n) is 3.00. The van der Waals surface area contributed by atoms with Gasteiger partial charge in [0, 0.05) is 5.56 Å². The standard InChI is InChI=1S/C20H15NO2/c22-19-11-10-15(14-6-2-1-3-7-14)12-18(19)21-13-16-8-4-5-9-17(16)20(21)23/h1-12,22H,13H2. The monoisotopic (exact) mass is 301 g/mol. The van der Waals surface area contributed by atoms with Gasteiger partial charge in [0.15, 0.2) is 0 Å². The maximum absolute atomic E-state index is 12.6. The molecule has 3 nitrogen and oxygen atoms in total. The van der Waals surface area contributed by atoms with Crippen molar-refractivity contribution in [3.8, 4) is 16.9 Å². The van der Waals surface area contributed by atoms with Crippen LogP contribution in [-0.2, 0) is 6.54 Å². The average Bonchev–Trinajstić information content (AvgIpc) is 2.93. The fraction of sp³-hybridized carbons (Fsp3) is 0.0500. The molecule has 23 heavy (non-hydrogen) atoms. The molecular weight excluding hydrogens is 286 g/mol. The highest BCUT2D eigenvalue weighted by molar-refractivity contribution is 6.10. The number of rotatable bonds is 2. The number of nitrogens with zero attached hydrogens (tertiary/aromatic N) is 1. The van der Waals surface area contributed by atoms with Gasteiger partial charge in [0.1, 0.15) is 5.75 Å². The smallest absolute Gasteiger partial charge is 0.259 e. The van der Waals surface area contributed by atoms with Crippen molar-refractivity contribution in [2.75, 3.05) is 4.90 Å². The number of fused-ring (bicyclic) bond motifs is 1. The van der Waals surface area contributed by atoms with Crippen LogP contribution in [0.25, 0.3) is 11.1 Å². The van der Waals surface area contributed by atoms with Crippen molar-refractivity contribution >= 4 is 11.6 Å². The minimum Gasteiger partial charge on any atom is -0.506 e. The van der Waals surface area contributed by atoms with Crippen molar-refractivity contribution in [2.24, 2.45) is 0 Å². The lowest BCUT2D eigenvalue weighted by Crippen LogP contribution is -2.23. The van der Waals surface area contributed by atoms with E-state index in [2.05, 4.69) is 0 Å². The zero-order valence-corrected chi connectivity index (χ0v) is 12.4. The number of carbonyl (C=O) groups excluding carboxylic acids is 1. The molecule has 0 bridgehead atoms. The number of anilines is 1. The molecular formula is C20H15NO2. The Hall–Kier alpha value is -3.07. The quantitative estimate of drug-likeness (QED) is 0.770. The second kappa shape index (κ2) is 5.29. The van der Waals surface area contributed by atoms with Gasteiger partial charge in [0.2, 0.25) is 0 Å². The van der Waals surface area contributed by atoms with Gasteiger partial charge in [-0.3, -0.25) is 4.79 Å². The van der Waals surface area contributed by atoms with Gasteiger partial charge in [-0.1, -0.05) is 54.6 Å². The summed E-state index contributed by atoms with van der Waals surface area (Å²) < 4.78 is 0. The summed E-state index contributed by atoms with van der Waals surface area (Å²) in [7, 11) is 0. The van der Waals surface area contributed by atoms with E-state index in [4.69, 9.17) is 0 Å². The molecule has 0 spiro atoms. The normalized spacial score (nSPS) is 13.2. The first kappa shape index (κ1) is 13.6. The number of phenolic OH excluding ortho intramolecular Hbond substituents is 1. The molecule has 1 amide bonds. The maximum atomic E-state index is 12.6. The van der Waals surface area contributed by atoms with Gasteiger partial charge in [-0.2, -0.15) is 0 Å². The van der Waals surface area contributed by atoms with Crippen molar-refractivity contribution in [1.82, 2.24) is 0 Å². The molecule has 1 aliphatic rings. The molecule has 0 fully saturated rings. The molecule has 0 atom stereocenters. The van der Waals surface area contributed by atoms with E-state index >= 15 is 0 Å². The molecule has 1 aliphatic heterocycles. The van der Waals surface area contributed by atoms with E-state index in [1.165, 1.54) is 0 Å². The number of aromatic hydroxyl groups is 1. The highest BCUT2D eigenvalue weighted by atomic mass is 16.3. The minimum absolute atomic E-state index is 0.0684. The third-order valence-electron chi connectivity index (χ3n) is 4.19. The van der Waals surface area contributed by atoms with Gasteiger partial charge in [-0.15, -0.1) is 0 Å². The first-order valence-electron chi connectivity index (χ1n) is 7.52. The highest BCUT2D eigenvalue weighted by Gasteiger charge is 2.29. The lowest BCUT2D eigenvalue weighted by Gasteiger charge is -2.18. The van der Waals surface area contributed by atoms with Crippen molar-refractivity contribution in [3.63, 3.8) is 0 Å². The van der Waals surface area contributed by atoms with Gasteiger partial charge in [-0.25, -0.2) is 0 Å². The van der Waals surface area contributed by atoms with Crippen LogP contribution in [-0.4, -0.2) is 11.0 Å². The van der Waals surface area contributed by atoms with E-state index in [1.807, 2.05) is 66.7 Å². The van der Waals surface area contributed by atoms with E-state index in [0.29, 0.717) is 17.8 Å². The van der Waals surface area contributed by atoms with Crippen LogP contribution >= 0.6 is 0 Å². The van der Waals surface area contributed by atoms with Crippen molar-refractivity contribution < 1.29 is 9.90 Å². The Kier molecular flexibility index (Phi) is 3.12. The number of amides is 1. The third kappa shape index (κ3) is 2.27. The Balaban J connectivity index is 1.77. The number of hydrogen-bond acceptors (Lipinski definition) is 2. The zero-order chi connectivity index (χ0) is 15.8. The number of hydrogen-bond donors (Lipinski definition) is 1. The van der Waals surface area contributed by atoms with Crippen LogP contribution < -0.4 is 4.90 Å². The largest absolute Gasteiger partial charge is 0.506 e. The van der Waals surface area contributed by atoms with Crippen LogP contribution in [0.3, 0.4) is 0 Å². The summed E-state index contributed by atoms with van der Waals surface area (Å²) >= 11 is 0. The van der Waals surface area contributed by atoms with Crippen LogP contribution in [0.15, 0.2) is 72.8 Å². The van der Waals surface area contributed by atoms with Gasteiger partial charge >= 0.3 is 0 Å². The highest BCUT2D eigenvalue weighted by Crippen LogP contribution is 2.37. The number of benzene rings is 3. The Morgan fingerprint density at radius 2 is 1.57 bits per heavy atom. The Morgan fingerprint density at radius 1 is 0.826 bits per heavy atom. The van der Waals surface area contributed by atoms with Crippen LogP contribution in [0.2, 0.25) is 0 Å². The van der Waals surface area contributed by atoms with Gasteiger partial charge in [-0.05, 0) is 34.9 Å². The van der Waals surface area contributed by atoms with Crippen LogP contribution in [0.4, 0.5) is 5.69 Å². The van der Waals surface area contributed by atoms with E-state index < -0.39 is 0 Å². The number of phenols is 1. The van der Waals surface area contributed by atoms with E-state index in [0.717, 1.165) is 16.7 Å². The Labute approximate surface area is 134 Å². The predicted molar refractivity (Wildman–Crippen MR) is 90.5 cm³/mol. The predicted octanol–water partition coefficient (Wildman–Crippen LogP) is 4.22. The molecule has 0 radical (unpaired) electrons. The summed E-state index contributed by atoms with van der Waals surface area (Å²) in [6, 6.07) is 22.9. The molecule has 0 unspecified atom stereocenters. The molecule has 3 aromatic carbocycles. The molecule has 1 N–H and O–H groups in total. The second-order valence-electron chi connectivity index (χ2n) is 5.62. The summed E-state index contributed by atoms with van der Waals surface area (Å²) in [4.78, 5) is 14.2. The summed E-state index contributed by atoms with van der Waals surface area (Å²) in [6.45, 7) is 0.487. The van der Waals surface area contributed by atoms with Crippen molar-refractivity contribution in [1.29, 1.82) is 0 Å². The molecule has 3 aromatic rings. The molecule has 0 aromatic heterocycles. The van der Waals surface area contributed by atoms with Crippen LogP contribution in [0.5, 0.6) is 5.75 Å². The SMILES string of the molecule is O=C1c2ccccc2CN1c1cc(-c2ccccc2)ccc1O. The molecule has 3 heteroatoms. The molecule has 4 rings (SSSR count). The lowest BCUT2D eigenvalue weighted by molar-refractivity contribution is 0.0996. The number of carbonyl (C=O) groups is 1. The zero-order valence-electron chi connectivity index (χ0n) is 12.4. The van der Waals surface area contributed by atoms with E-state index in [9.17, 15) is 9.90 Å². The van der Waals surface area contributed by atoms with Gasteiger partial charge in [0.05, 0.1) is 12.2 Å². The summed E-state index contributed by atoms with van der Waals surface area (Å²) in [5, 5.41) is 10.2. The van der Waals surface area contributed by atoms with E-state index in [1.54, 1.807) is 11.0 Å². The van der Waals surface area contributed by atoms with Crippen LogP contribution in [0, 0.1) is 0 Å². The summed E-state index contributed by atoms with van der Waals surface area (Å²) in [5.41, 5.74) is 4.27. The Bertz CT molecular complexity index is 887. The topological polar surface area (TPSA) is 40.5 Å². The molecule has 0 saturated carbocycles. The van der Waals surface area contributed by atoms with Crippen molar-refractivity contribution in [3.05, 3.63) is 83.9 Å². The van der Waals surface area contributed by atoms with E-state index in [-0.39, 0.29) is 11.7 Å². The van der Waals surface area contributed by atoms with Crippen LogP contribution in [0.1, 0.15) is 15.9 Å². The fourth-order valence-corrected chi connectivity index (χ4v) is 3.00. The first-order valence-corrected chi connectivity index (χ1v) is 7.52. The third-order valence-corrected chi connectivity index (χ3v) is 4.19. The molecule has 112 valence electrons. The maximum Gasteiger partial charge on any atom is 0.259 e. The van der Waals surface area contributed by atoms with Gasteiger partial charge < -0.3 is 10.0 Å².